The van der Waals surface area contributed by atoms with Gasteiger partial charge in [-0.15, -0.1) is 0 Å². The summed E-state index contributed by atoms with van der Waals surface area (Å²) in [6.07, 6.45) is 4.41. The van der Waals surface area contributed by atoms with E-state index < -0.39 is 10.0 Å². The van der Waals surface area contributed by atoms with Gasteiger partial charge in [-0.2, -0.15) is 4.31 Å². The molecule has 6 heteroatoms. The second-order valence-corrected chi connectivity index (χ2v) is 7.39. The Labute approximate surface area is 131 Å². The molecule has 0 aromatic heterocycles. The van der Waals surface area contributed by atoms with Crippen molar-refractivity contribution in [3.8, 4) is 0 Å². The first-order chi connectivity index (χ1) is 10.0. The third-order valence-electron chi connectivity index (χ3n) is 3.66. The lowest BCUT2D eigenvalue weighted by Crippen LogP contribution is -2.43. The summed E-state index contributed by atoms with van der Waals surface area (Å²) in [6.45, 7) is 9.01. The van der Waals surface area contributed by atoms with Crippen LogP contribution in [-0.2, 0) is 14.8 Å². The fraction of sp³-hybridized carbons (Fsp3) is 1.00. The van der Waals surface area contributed by atoms with Crippen LogP contribution in [0.3, 0.4) is 0 Å². The van der Waals surface area contributed by atoms with Crippen LogP contribution in [0.5, 0.6) is 0 Å². The summed E-state index contributed by atoms with van der Waals surface area (Å²) < 4.78 is 31.8. The van der Waals surface area contributed by atoms with E-state index in [1.165, 1.54) is 0 Å². The average Bonchev–Trinajstić information content (AvgIpc) is 2.47. The molecule has 0 saturated carbocycles. The first-order valence-corrected chi connectivity index (χ1v) is 9.83. The summed E-state index contributed by atoms with van der Waals surface area (Å²) in [5, 5.41) is 3.30. The quantitative estimate of drug-likeness (QED) is 0.498. The SMILES string of the molecule is CCCNCCCCS(=O)(=O)N(CCOC)C(CC)CC. The van der Waals surface area contributed by atoms with E-state index >= 15 is 0 Å². The van der Waals surface area contributed by atoms with Crippen molar-refractivity contribution in [2.45, 2.75) is 58.9 Å². The number of hydrogen-bond donors (Lipinski definition) is 1. The monoisotopic (exact) mass is 322 g/mol. The standard InChI is InChI=1S/C15H34N2O3S/c1-5-10-16-11-8-9-14-21(18,19)17(12-13-20-4)15(6-2)7-3/h15-16H,5-14H2,1-4H3. The molecule has 0 saturated heterocycles. The molecule has 5 nitrogen and oxygen atoms in total. The first kappa shape index (κ1) is 20.8. The number of sulfonamides is 1. The molecule has 1 N–H and O–H groups in total. The van der Waals surface area contributed by atoms with Gasteiger partial charge in [0.15, 0.2) is 0 Å². The highest BCUT2D eigenvalue weighted by atomic mass is 32.2. The van der Waals surface area contributed by atoms with Crippen molar-refractivity contribution in [1.82, 2.24) is 9.62 Å². The molecule has 0 fully saturated rings. The van der Waals surface area contributed by atoms with E-state index in [1.807, 2.05) is 13.8 Å². The van der Waals surface area contributed by atoms with Gasteiger partial charge in [-0.05, 0) is 45.2 Å². The zero-order valence-electron chi connectivity index (χ0n) is 14.2. The summed E-state index contributed by atoms with van der Waals surface area (Å²) in [7, 11) is -1.58. The fourth-order valence-corrected chi connectivity index (χ4v) is 4.29. The van der Waals surface area contributed by atoms with Crippen molar-refractivity contribution in [2.75, 3.05) is 39.1 Å². The van der Waals surface area contributed by atoms with Crippen molar-refractivity contribution in [3.05, 3.63) is 0 Å². The molecule has 0 heterocycles. The van der Waals surface area contributed by atoms with Crippen LogP contribution in [-0.4, -0.2) is 57.9 Å². The minimum atomic E-state index is -3.19. The molecule has 0 aromatic rings. The molecular formula is C15H34N2O3S. The van der Waals surface area contributed by atoms with Crippen LogP contribution in [0.1, 0.15) is 52.9 Å². The van der Waals surface area contributed by atoms with Gasteiger partial charge in [0, 0.05) is 19.7 Å². The average molecular weight is 323 g/mol. The molecule has 0 atom stereocenters. The summed E-state index contributed by atoms with van der Waals surface area (Å²) in [4.78, 5) is 0. The highest BCUT2D eigenvalue weighted by Gasteiger charge is 2.27. The Kier molecular flexibility index (Phi) is 12.3. The molecule has 0 unspecified atom stereocenters. The molecule has 0 amide bonds. The van der Waals surface area contributed by atoms with Crippen LogP contribution in [0.15, 0.2) is 0 Å². The molecule has 21 heavy (non-hydrogen) atoms. The highest BCUT2D eigenvalue weighted by molar-refractivity contribution is 7.89. The van der Waals surface area contributed by atoms with E-state index in [1.54, 1.807) is 11.4 Å². The minimum absolute atomic E-state index is 0.0865. The number of rotatable bonds is 14. The van der Waals surface area contributed by atoms with E-state index in [0.29, 0.717) is 19.6 Å². The zero-order valence-corrected chi connectivity index (χ0v) is 15.0. The van der Waals surface area contributed by atoms with Gasteiger partial charge in [0.1, 0.15) is 0 Å². The van der Waals surface area contributed by atoms with Crippen LogP contribution in [0.25, 0.3) is 0 Å². The second-order valence-electron chi connectivity index (χ2n) is 5.35. The van der Waals surface area contributed by atoms with Crippen molar-refractivity contribution in [3.63, 3.8) is 0 Å². The minimum Gasteiger partial charge on any atom is -0.383 e. The molecular weight excluding hydrogens is 288 g/mol. The van der Waals surface area contributed by atoms with E-state index in [-0.39, 0.29) is 11.8 Å². The smallest absolute Gasteiger partial charge is 0.214 e. The van der Waals surface area contributed by atoms with E-state index in [0.717, 1.165) is 38.8 Å². The number of ether oxygens (including phenoxy) is 1. The van der Waals surface area contributed by atoms with Crippen LogP contribution < -0.4 is 5.32 Å². The molecule has 0 bridgehead atoms. The molecule has 0 rings (SSSR count). The van der Waals surface area contributed by atoms with Crippen molar-refractivity contribution in [1.29, 1.82) is 0 Å². The third-order valence-corrected chi connectivity index (χ3v) is 5.66. The molecule has 128 valence electrons. The first-order valence-electron chi connectivity index (χ1n) is 8.22. The second kappa shape index (κ2) is 12.4. The maximum atomic E-state index is 12.5. The Morgan fingerprint density at radius 2 is 1.76 bits per heavy atom. The van der Waals surface area contributed by atoms with Crippen LogP contribution in [0.4, 0.5) is 0 Å². The summed E-state index contributed by atoms with van der Waals surface area (Å²) in [5.74, 6) is 0.237. The predicted molar refractivity (Wildman–Crippen MR) is 89.1 cm³/mol. The lowest BCUT2D eigenvalue weighted by atomic mass is 10.2. The highest BCUT2D eigenvalue weighted by Crippen LogP contribution is 2.15. The lowest BCUT2D eigenvalue weighted by molar-refractivity contribution is 0.163. The third kappa shape index (κ3) is 8.76. The zero-order chi connectivity index (χ0) is 16.1. The van der Waals surface area contributed by atoms with Gasteiger partial charge >= 0.3 is 0 Å². The normalized spacial score (nSPS) is 12.5. The largest absolute Gasteiger partial charge is 0.383 e. The molecule has 0 radical (unpaired) electrons. The Hall–Kier alpha value is -0.170. The number of nitrogens with zero attached hydrogens (tertiary/aromatic N) is 1. The summed E-state index contributed by atoms with van der Waals surface area (Å²) in [5.41, 5.74) is 0. The van der Waals surface area contributed by atoms with Gasteiger partial charge in [-0.1, -0.05) is 20.8 Å². The van der Waals surface area contributed by atoms with E-state index in [2.05, 4.69) is 12.2 Å². The lowest BCUT2D eigenvalue weighted by Gasteiger charge is -2.29. The summed E-state index contributed by atoms with van der Waals surface area (Å²) in [6, 6.07) is 0.0865. The number of nitrogens with one attached hydrogen (secondary N) is 1. The number of unbranched alkanes of at least 4 members (excludes halogenated alkanes) is 1. The molecule has 0 aliphatic carbocycles. The van der Waals surface area contributed by atoms with Crippen molar-refractivity contribution < 1.29 is 13.2 Å². The number of hydrogen-bond acceptors (Lipinski definition) is 4. The van der Waals surface area contributed by atoms with Crippen molar-refractivity contribution in [2.24, 2.45) is 0 Å². The molecule has 0 aliphatic rings. The van der Waals surface area contributed by atoms with Crippen LogP contribution in [0, 0.1) is 0 Å². The predicted octanol–water partition coefficient (Wildman–Crippen LogP) is 2.23. The van der Waals surface area contributed by atoms with Gasteiger partial charge in [0.2, 0.25) is 10.0 Å². The van der Waals surface area contributed by atoms with Gasteiger partial charge in [0.05, 0.1) is 12.4 Å². The topological polar surface area (TPSA) is 58.6 Å². The summed E-state index contributed by atoms with van der Waals surface area (Å²) >= 11 is 0. The van der Waals surface area contributed by atoms with Crippen LogP contribution >= 0.6 is 0 Å². The fourth-order valence-electron chi connectivity index (χ4n) is 2.38. The van der Waals surface area contributed by atoms with Gasteiger partial charge in [0.25, 0.3) is 0 Å². The van der Waals surface area contributed by atoms with Crippen LogP contribution in [0.2, 0.25) is 0 Å². The molecule has 0 aromatic carbocycles. The van der Waals surface area contributed by atoms with Crippen molar-refractivity contribution >= 4 is 10.0 Å². The Morgan fingerprint density at radius 3 is 2.29 bits per heavy atom. The molecule has 0 spiro atoms. The maximum absolute atomic E-state index is 12.5. The maximum Gasteiger partial charge on any atom is 0.214 e. The van der Waals surface area contributed by atoms with E-state index in [9.17, 15) is 8.42 Å². The molecule has 0 aliphatic heterocycles. The number of methoxy groups -OCH3 is 1. The Balaban J connectivity index is 4.41. The Morgan fingerprint density at radius 1 is 1.10 bits per heavy atom. The van der Waals surface area contributed by atoms with Gasteiger partial charge in [-0.25, -0.2) is 8.42 Å². The Bertz CT molecular complexity index is 330. The van der Waals surface area contributed by atoms with Gasteiger partial charge in [-0.3, -0.25) is 0 Å². The van der Waals surface area contributed by atoms with Gasteiger partial charge < -0.3 is 10.1 Å². The van der Waals surface area contributed by atoms with E-state index in [4.69, 9.17) is 4.74 Å².